The van der Waals surface area contributed by atoms with Crippen LogP contribution in [0.2, 0.25) is 0 Å². The number of aromatic amines is 1. The number of ether oxygens (including phenoxy) is 1. The molecule has 5 nitrogen and oxygen atoms in total. The van der Waals surface area contributed by atoms with E-state index in [2.05, 4.69) is 25.9 Å². The topological polar surface area (TPSA) is 75.2 Å². The number of nitrogens with one attached hydrogen (secondary N) is 1. The minimum atomic E-state index is -1.11. The molecule has 0 aliphatic rings. The number of carboxylic acids is 1. The van der Waals surface area contributed by atoms with Gasteiger partial charge in [-0.05, 0) is 28.1 Å². The molecule has 0 radical (unpaired) electrons. The molecule has 106 valence electrons. The maximum Gasteiger partial charge on any atom is 0.335 e. The van der Waals surface area contributed by atoms with Gasteiger partial charge in [0.2, 0.25) is 5.88 Å². The van der Waals surface area contributed by atoms with Gasteiger partial charge in [0.1, 0.15) is 0 Å². The molecule has 2 N–H and O–H groups in total. The number of benzene rings is 1. The fourth-order valence-corrected chi connectivity index (χ4v) is 2.53. The Labute approximate surface area is 126 Å². The number of aromatic nitrogens is 2. The lowest BCUT2D eigenvalue weighted by molar-refractivity contribution is 0.0696. The molecule has 0 saturated heterocycles. The molecule has 0 amide bonds. The lowest BCUT2D eigenvalue weighted by atomic mass is 10.2. The SMILES string of the molecule is O=C(O)c1ccnc(Oc2c(F)cc3[nH]ccc3c2Br)c1. The molecule has 0 atom stereocenters. The first-order valence-electron chi connectivity index (χ1n) is 5.88. The second kappa shape index (κ2) is 5.17. The van der Waals surface area contributed by atoms with Gasteiger partial charge in [0, 0.05) is 35.4 Å². The average Bonchev–Trinajstić information content (AvgIpc) is 2.92. The lowest BCUT2D eigenvalue weighted by Gasteiger charge is -2.09. The summed E-state index contributed by atoms with van der Waals surface area (Å²) in [6.45, 7) is 0. The molecule has 0 bridgehead atoms. The molecule has 0 unspecified atom stereocenters. The number of carbonyl (C=O) groups is 1. The lowest BCUT2D eigenvalue weighted by Crippen LogP contribution is -1.98. The van der Waals surface area contributed by atoms with Crippen LogP contribution in [0.3, 0.4) is 0 Å². The summed E-state index contributed by atoms with van der Waals surface area (Å²) in [5, 5.41) is 9.68. The Morgan fingerprint density at radius 2 is 2.19 bits per heavy atom. The van der Waals surface area contributed by atoms with E-state index < -0.39 is 11.8 Å². The summed E-state index contributed by atoms with van der Waals surface area (Å²) in [6, 6.07) is 5.63. The third-order valence-corrected chi connectivity index (χ3v) is 3.68. The number of halogens is 2. The monoisotopic (exact) mass is 350 g/mol. The largest absolute Gasteiger partial charge is 0.478 e. The molecule has 7 heteroatoms. The van der Waals surface area contributed by atoms with Crippen LogP contribution in [-0.2, 0) is 0 Å². The van der Waals surface area contributed by atoms with E-state index >= 15 is 0 Å². The molecule has 0 saturated carbocycles. The van der Waals surface area contributed by atoms with Crippen molar-refractivity contribution in [2.75, 3.05) is 0 Å². The van der Waals surface area contributed by atoms with Crippen LogP contribution in [-0.4, -0.2) is 21.0 Å². The predicted octanol–water partition coefficient (Wildman–Crippen LogP) is 3.96. The first-order chi connectivity index (χ1) is 10.1. The van der Waals surface area contributed by atoms with E-state index in [0.29, 0.717) is 9.99 Å². The van der Waals surface area contributed by atoms with E-state index in [1.807, 2.05) is 0 Å². The van der Waals surface area contributed by atoms with Crippen molar-refractivity contribution in [1.29, 1.82) is 0 Å². The van der Waals surface area contributed by atoms with Gasteiger partial charge in [0.25, 0.3) is 0 Å². The van der Waals surface area contributed by atoms with Crippen molar-refractivity contribution < 1.29 is 19.0 Å². The molecule has 0 spiro atoms. The van der Waals surface area contributed by atoms with Crippen LogP contribution in [0.25, 0.3) is 10.9 Å². The average molecular weight is 351 g/mol. The number of rotatable bonds is 3. The molecule has 0 fully saturated rings. The van der Waals surface area contributed by atoms with E-state index in [4.69, 9.17) is 9.84 Å². The van der Waals surface area contributed by atoms with Crippen LogP contribution in [0.15, 0.2) is 41.1 Å². The van der Waals surface area contributed by atoms with Gasteiger partial charge in [-0.2, -0.15) is 0 Å². The highest BCUT2D eigenvalue weighted by Gasteiger charge is 2.16. The Balaban J connectivity index is 2.05. The first kappa shape index (κ1) is 13.6. The zero-order chi connectivity index (χ0) is 15.0. The van der Waals surface area contributed by atoms with Gasteiger partial charge in [-0.3, -0.25) is 0 Å². The van der Waals surface area contributed by atoms with Crippen LogP contribution in [0.1, 0.15) is 10.4 Å². The molecule has 3 aromatic rings. The molecular formula is C14H8BrFN2O3. The number of aromatic carboxylic acids is 1. The summed E-state index contributed by atoms with van der Waals surface area (Å²) in [5.74, 6) is -1.73. The van der Waals surface area contributed by atoms with Crippen LogP contribution < -0.4 is 4.74 Å². The van der Waals surface area contributed by atoms with Crippen molar-refractivity contribution in [2.45, 2.75) is 0 Å². The minimum Gasteiger partial charge on any atom is -0.478 e. The molecular weight excluding hydrogens is 343 g/mol. The fraction of sp³-hybridized carbons (Fsp3) is 0. The van der Waals surface area contributed by atoms with E-state index in [-0.39, 0.29) is 17.2 Å². The summed E-state index contributed by atoms with van der Waals surface area (Å²) < 4.78 is 19.9. The first-order valence-corrected chi connectivity index (χ1v) is 6.68. The Morgan fingerprint density at radius 1 is 1.38 bits per heavy atom. The number of fused-ring (bicyclic) bond motifs is 1. The van der Waals surface area contributed by atoms with Gasteiger partial charge in [-0.25, -0.2) is 14.2 Å². The molecule has 1 aromatic carbocycles. The van der Waals surface area contributed by atoms with Gasteiger partial charge in [0.15, 0.2) is 11.6 Å². The number of H-pyrrole nitrogens is 1. The third-order valence-electron chi connectivity index (χ3n) is 2.89. The second-order valence-corrected chi connectivity index (χ2v) is 5.02. The summed E-state index contributed by atoms with van der Waals surface area (Å²) in [5.41, 5.74) is 0.637. The number of hydrogen-bond acceptors (Lipinski definition) is 3. The molecule has 2 aromatic heterocycles. The van der Waals surface area contributed by atoms with Crippen molar-refractivity contribution in [2.24, 2.45) is 0 Å². The maximum absolute atomic E-state index is 14.1. The van der Waals surface area contributed by atoms with Gasteiger partial charge in [-0.1, -0.05) is 0 Å². The van der Waals surface area contributed by atoms with Gasteiger partial charge < -0.3 is 14.8 Å². The normalized spacial score (nSPS) is 10.8. The highest BCUT2D eigenvalue weighted by atomic mass is 79.9. The highest BCUT2D eigenvalue weighted by Crippen LogP contribution is 2.37. The number of carboxylic acid groups (broad SMARTS) is 1. The Hall–Kier alpha value is -2.41. The number of hydrogen-bond donors (Lipinski definition) is 2. The summed E-state index contributed by atoms with van der Waals surface area (Å²) >= 11 is 3.29. The van der Waals surface area contributed by atoms with Crippen molar-refractivity contribution in [1.82, 2.24) is 9.97 Å². The number of pyridine rings is 1. The summed E-state index contributed by atoms with van der Waals surface area (Å²) in [6.07, 6.45) is 2.97. The molecule has 21 heavy (non-hydrogen) atoms. The Bertz CT molecular complexity index is 847. The summed E-state index contributed by atoms with van der Waals surface area (Å²) in [4.78, 5) is 17.7. The molecule has 0 aliphatic carbocycles. The van der Waals surface area contributed by atoms with Crippen molar-refractivity contribution >= 4 is 32.8 Å². The van der Waals surface area contributed by atoms with Gasteiger partial charge >= 0.3 is 5.97 Å². The summed E-state index contributed by atoms with van der Waals surface area (Å²) in [7, 11) is 0. The van der Waals surface area contributed by atoms with E-state index in [9.17, 15) is 9.18 Å². The minimum absolute atomic E-state index is 0.00406. The zero-order valence-electron chi connectivity index (χ0n) is 10.4. The third kappa shape index (κ3) is 2.47. The van der Waals surface area contributed by atoms with Crippen LogP contribution in [0, 0.1) is 5.82 Å². The van der Waals surface area contributed by atoms with Crippen molar-refractivity contribution in [3.05, 3.63) is 52.5 Å². The quantitative estimate of drug-likeness (QED) is 0.749. The molecule has 2 heterocycles. The van der Waals surface area contributed by atoms with Gasteiger partial charge in [-0.15, -0.1) is 0 Å². The Morgan fingerprint density at radius 3 is 2.95 bits per heavy atom. The fourth-order valence-electron chi connectivity index (χ4n) is 1.91. The maximum atomic E-state index is 14.1. The second-order valence-electron chi connectivity index (χ2n) is 4.23. The zero-order valence-corrected chi connectivity index (χ0v) is 12.0. The number of nitrogens with zero attached hydrogens (tertiary/aromatic N) is 1. The molecule has 3 rings (SSSR count). The van der Waals surface area contributed by atoms with Gasteiger partial charge in [0.05, 0.1) is 10.0 Å². The van der Waals surface area contributed by atoms with Crippen molar-refractivity contribution in [3.8, 4) is 11.6 Å². The van der Waals surface area contributed by atoms with Crippen molar-refractivity contribution in [3.63, 3.8) is 0 Å². The smallest absolute Gasteiger partial charge is 0.335 e. The standard InChI is InChI=1S/C14H8BrFN2O3/c15-12-8-2-4-17-10(8)6-9(16)13(12)21-11-5-7(14(19)20)1-3-18-11/h1-6,17H,(H,19,20). The highest BCUT2D eigenvalue weighted by molar-refractivity contribution is 9.10. The predicted molar refractivity (Wildman–Crippen MR) is 77.2 cm³/mol. The van der Waals surface area contributed by atoms with E-state index in [0.717, 1.165) is 5.39 Å². The molecule has 0 aliphatic heterocycles. The van der Waals surface area contributed by atoms with E-state index in [1.54, 1.807) is 12.3 Å². The van der Waals surface area contributed by atoms with Crippen LogP contribution >= 0.6 is 15.9 Å². The van der Waals surface area contributed by atoms with E-state index in [1.165, 1.54) is 24.4 Å². The Kier molecular flexibility index (Phi) is 3.34. The van der Waals surface area contributed by atoms with Crippen LogP contribution in [0.4, 0.5) is 4.39 Å². The van der Waals surface area contributed by atoms with Crippen LogP contribution in [0.5, 0.6) is 11.6 Å².